The van der Waals surface area contributed by atoms with Gasteiger partial charge in [0.25, 0.3) is 5.91 Å². The van der Waals surface area contributed by atoms with Gasteiger partial charge >= 0.3 is 0 Å². The Morgan fingerprint density at radius 2 is 1.97 bits per heavy atom. The molecule has 3 aromatic rings. The van der Waals surface area contributed by atoms with E-state index in [1.807, 2.05) is 12.1 Å². The Balaban J connectivity index is 1.31. The summed E-state index contributed by atoms with van der Waals surface area (Å²) >= 11 is 0. The summed E-state index contributed by atoms with van der Waals surface area (Å²) in [4.78, 5) is 28.4. The number of likely N-dealkylation sites (tertiary alicyclic amines) is 1. The molecule has 2 aromatic heterocycles. The van der Waals surface area contributed by atoms with E-state index in [0.717, 1.165) is 49.5 Å². The Hall–Kier alpha value is -3.77. The summed E-state index contributed by atoms with van der Waals surface area (Å²) in [5, 5.41) is 12.9. The number of rotatable bonds is 9. The number of carbonyl (C=O) groups excluding carboxylic acids is 1. The molecular weight excluding hydrogens is 454 g/mol. The number of para-hydroxylation sites is 1. The van der Waals surface area contributed by atoms with Crippen molar-refractivity contribution in [3.8, 4) is 11.5 Å². The molecule has 1 aliphatic heterocycles. The first-order valence-corrected chi connectivity index (χ1v) is 11.2. The highest BCUT2D eigenvalue weighted by Gasteiger charge is 2.26. The monoisotopic (exact) mass is 483 g/mol. The molecule has 1 aromatic carbocycles. The van der Waals surface area contributed by atoms with Crippen LogP contribution in [0.4, 0.5) is 5.95 Å². The van der Waals surface area contributed by atoms with Gasteiger partial charge in [-0.25, -0.2) is 15.4 Å². The first-order valence-electron chi connectivity index (χ1n) is 11.2. The standard InChI is InChI=1S/C23H29N7O5/c1-29(23-24-11-17(12-25-23)22(31)27-32)14-19-26-21(28-35-19)15-7-9-30(10-8-15)13-16-5-4-6-18(33-2)20(16)34-3/h4-6,11-12,15,32H,7-10,13-14H2,1-3H3,(H,27,31). The van der Waals surface area contributed by atoms with E-state index in [2.05, 4.69) is 31.1 Å². The van der Waals surface area contributed by atoms with Crippen LogP contribution in [0.2, 0.25) is 0 Å². The van der Waals surface area contributed by atoms with Gasteiger partial charge in [-0.2, -0.15) is 4.98 Å². The molecule has 0 bridgehead atoms. The van der Waals surface area contributed by atoms with E-state index >= 15 is 0 Å². The van der Waals surface area contributed by atoms with Crippen LogP contribution in [-0.4, -0.2) is 70.5 Å². The highest BCUT2D eigenvalue weighted by atomic mass is 16.5. The number of aromatic nitrogens is 4. The molecule has 0 saturated carbocycles. The predicted octanol–water partition coefficient (Wildman–Crippen LogP) is 2.01. The third-order valence-corrected chi connectivity index (χ3v) is 6.03. The molecule has 0 atom stereocenters. The van der Waals surface area contributed by atoms with Gasteiger partial charge in [-0.3, -0.25) is 14.9 Å². The molecule has 0 aliphatic carbocycles. The Morgan fingerprint density at radius 1 is 1.23 bits per heavy atom. The highest BCUT2D eigenvalue weighted by molar-refractivity contribution is 5.92. The van der Waals surface area contributed by atoms with E-state index in [4.69, 9.17) is 19.2 Å². The van der Waals surface area contributed by atoms with Gasteiger partial charge in [0, 0.05) is 37.5 Å². The van der Waals surface area contributed by atoms with E-state index in [9.17, 15) is 4.79 Å². The van der Waals surface area contributed by atoms with Gasteiger partial charge < -0.3 is 18.9 Å². The van der Waals surface area contributed by atoms with Gasteiger partial charge in [0.05, 0.1) is 26.3 Å². The van der Waals surface area contributed by atoms with Crippen LogP contribution >= 0.6 is 0 Å². The number of hydrogen-bond acceptors (Lipinski definition) is 11. The third-order valence-electron chi connectivity index (χ3n) is 6.03. The van der Waals surface area contributed by atoms with Gasteiger partial charge in [-0.15, -0.1) is 0 Å². The maximum Gasteiger partial charge on any atom is 0.277 e. The quantitative estimate of drug-likeness (QED) is 0.341. The molecule has 35 heavy (non-hydrogen) atoms. The van der Waals surface area contributed by atoms with Crippen molar-refractivity contribution in [3.63, 3.8) is 0 Å². The average Bonchev–Trinajstić information content (AvgIpc) is 3.36. The maximum atomic E-state index is 11.4. The summed E-state index contributed by atoms with van der Waals surface area (Å²) < 4.78 is 16.4. The Kier molecular flexibility index (Phi) is 7.73. The maximum absolute atomic E-state index is 11.4. The number of piperidine rings is 1. The largest absolute Gasteiger partial charge is 0.493 e. The van der Waals surface area contributed by atoms with Crippen LogP contribution in [0.25, 0.3) is 0 Å². The summed E-state index contributed by atoms with van der Waals surface area (Å²) in [6, 6.07) is 5.94. The van der Waals surface area contributed by atoms with E-state index in [-0.39, 0.29) is 11.5 Å². The molecule has 2 N–H and O–H groups in total. The average molecular weight is 484 g/mol. The molecule has 4 rings (SSSR count). The first kappa shape index (κ1) is 24.4. The highest BCUT2D eigenvalue weighted by Crippen LogP contribution is 2.33. The van der Waals surface area contributed by atoms with E-state index in [0.29, 0.717) is 24.2 Å². The summed E-state index contributed by atoms with van der Waals surface area (Å²) in [5.41, 5.74) is 2.80. The van der Waals surface area contributed by atoms with Crippen molar-refractivity contribution in [2.45, 2.75) is 31.8 Å². The lowest BCUT2D eigenvalue weighted by molar-refractivity contribution is 0.0705. The van der Waals surface area contributed by atoms with Crippen molar-refractivity contribution in [2.24, 2.45) is 0 Å². The van der Waals surface area contributed by atoms with Crippen molar-refractivity contribution in [3.05, 3.63) is 53.4 Å². The normalized spacial score (nSPS) is 14.5. The summed E-state index contributed by atoms with van der Waals surface area (Å²) in [5.74, 6) is 2.64. The molecule has 186 valence electrons. The fraction of sp³-hybridized carbons (Fsp3) is 0.435. The fourth-order valence-corrected chi connectivity index (χ4v) is 4.14. The van der Waals surface area contributed by atoms with E-state index in [1.165, 1.54) is 12.4 Å². The van der Waals surface area contributed by atoms with Crippen LogP contribution in [-0.2, 0) is 13.1 Å². The zero-order chi connectivity index (χ0) is 24.8. The predicted molar refractivity (Wildman–Crippen MR) is 124 cm³/mol. The SMILES string of the molecule is COc1cccc(CN2CCC(c3noc(CN(C)c4ncc(C(=O)NO)cn4)n3)CC2)c1OC. The molecule has 1 fully saturated rings. The molecule has 3 heterocycles. The Bertz CT molecular complexity index is 1130. The minimum Gasteiger partial charge on any atom is -0.493 e. The number of hydrogen-bond donors (Lipinski definition) is 2. The number of benzene rings is 1. The van der Waals surface area contributed by atoms with Crippen LogP contribution in [0, 0.1) is 0 Å². The topological polar surface area (TPSA) is 139 Å². The van der Waals surface area contributed by atoms with Gasteiger partial charge in [0.2, 0.25) is 11.8 Å². The van der Waals surface area contributed by atoms with Crippen LogP contribution < -0.4 is 19.9 Å². The van der Waals surface area contributed by atoms with Crippen molar-refractivity contribution in [1.29, 1.82) is 0 Å². The molecule has 1 saturated heterocycles. The molecule has 0 radical (unpaired) electrons. The van der Waals surface area contributed by atoms with Crippen molar-refractivity contribution in [1.82, 2.24) is 30.5 Å². The lowest BCUT2D eigenvalue weighted by Gasteiger charge is -2.31. The minimum atomic E-state index is -0.672. The second kappa shape index (κ2) is 11.1. The molecule has 12 heteroatoms. The van der Waals surface area contributed by atoms with Crippen LogP contribution in [0.5, 0.6) is 11.5 Å². The van der Waals surface area contributed by atoms with Gasteiger partial charge in [-0.1, -0.05) is 17.3 Å². The molecule has 12 nitrogen and oxygen atoms in total. The number of methoxy groups -OCH3 is 2. The van der Waals surface area contributed by atoms with Crippen molar-refractivity contribution in [2.75, 3.05) is 39.3 Å². The van der Waals surface area contributed by atoms with E-state index in [1.54, 1.807) is 31.6 Å². The van der Waals surface area contributed by atoms with Crippen LogP contribution in [0.1, 0.15) is 46.4 Å². The van der Waals surface area contributed by atoms with Gasteiger partial charge in [0.15, 0.2) is 17.3 Å². The van der Waals surface area contributed by atoms with Gasteiger partial charge in [-0.05, 0) is 32.0 Å². The van der Waals surface area contributed by atoms with Crippen molar-refractivity contribution >= 4 is 11.9 Å². The lowest BCUT2D eigenvalue weighted by atomic mass is 9.96. The number of anilines is 1. The summed E-state index contributed by atoms with van der Waals surface area (Å²) in [6.07, 6.45) is 4.52. The number of ether oxygens (including phenoxy) is 2. The molecule has 0 spiro atoms. The number of hydroxylamine groups is 1. The second-order valence-corrected chi connectivity index (χ2v) is 8.32. The van der Waals surface area contributed by atoms with E-state index < -0.39 is 5.91 Å². The van der Waals surface area contributed by atoms with Crippen molar-refractivity contribution < 1.29 is 24.0 Å². The number of carbonyl (C=O) groups is 1. The second-order valence-electron chi connectivity index (χ2n) is 8.32. The number of amides is 1. The molecule has 1 aliphatic rings. The Morgan fingerprint density at radius 3 is 2.63 bits per heavy atom. The lowest BCUT2D eigenvalue weighted by Crippen LogP contribution is -2.33. The zero-order valence-corrected chi connectivity index (χ0v) is 20.0. The third kappa shape index (κ3) is 5.66. The minimum absolute atomic E-state index is 0.154. The smallest absolute Gasteiger partial charge is 0.277 e. The fourth-order valence-electron chi connectivity index (χ4n) is 4.14. The first-order chi connectivity index (χ1) is 17.0. The Labute approximate surface area is 202 Å². The summed E-state index contributed by atoms with van der Waals surface area (Å²) in [7, 11) is 5.10. The summed E-state index contributed by atoms with van der Waals surface area (Å²) in [6.45, 7) is 2.94. The number of nitrogens with one attached hydrogen (secondary N) is 1. The number of nitrogens with zero attached hydrogens (tertiary/aromatic N) is 6. The molecule has 1 amide bonds. The van der Waals surface area contributed by atoms with Crippen LogP contribution in [0.15, 0.2) is 35.1 Å². The molecule has 0 unspecified atom stereocenters. The zero-order valence-electron chi connectivity index (χ0n) is 20.0. The van der Waals surface area contributed by atoms with Crippen LogP contribution in [0.3, 0.4) is 0 Å². The van der Waals surface area contributed by atoms with Gasteiger partial charge in [0.1, 0.15) is 0 Å². The molecular formula is C23H29N7O5.